The second kappa shape index (κ2) is 7.27. The summed E-state index contributed by atoms with van der Waals surface area (Å²) in [5, 5.41) is 5.98. The Morgan fingerprint density at radius 1 is 0.444 bits per heavy atom. The number of pyridine rings is 2. The second-order valence-corrected chi connectivity index (χ2v) is 9.09. The summed E-state index contributed by atoms with van der Waals surface area (Å²) in [6, 6.07) is 36.4. The van der Waals surface area contributed by atoms with E-state index in [1.54, 1.807) is 0 Å². The Bertz CT molecular complexity index is 1930. The van der Waals surface area contributed by atoms with Gasteiger partial charge in [0, 0.05) is 56.9 Å². The number of fused-ring (bicyclic) bond motifs is 10. The Hall–Kier alpha value is -4.96. The maximum Gasteiger partial charge on any atom is 0.0811 e. The van der Waals surface area contributed by atoms with Crippen LogP contribution in [-0.4, -0.2) is 19.1 Å². The number of aromatic nitrogens is 4. The molecule has 8 aromatic rings. The van der Waals surface area contributed by atoms with E-state index in [1.165, 1.54) is 43.5 Å². The molecule has 0 aliphatic heterocycles. The van der Waals surface area contributed by atoms with E-state index in [0.29, 0.717) is 0 Å². The standard InChI is InChI=1S/C32H20N4/c1-2-9-21(10-3-1)35-27-15-7-5-12-24(27)29-30-25(13-8-18-34-30)28-23-11-4-6-14-26(23)36(31(28)32(29)35)22-16-19-33-20-17-22/h1-20H. The highest BCUT2D eigenvalue weighted by atomic mass is 15.0. The third kappa shape index (κ3) is 2.48. The Kier molecular flexibility index (Phi) is 3.91. The van der Waals surface area contributed by atoms with E-state index in [9.17, 15) is 0 Å². The molecule has 0 spiro atoms. The maximum atomic E-state index is 4.97. The Labute approximate surface area is 206 Å². The van der Waals surface area contributed by atoms with Gasteiger partial charge in [-0.2, -0.15) is 0 Å². The molecule has 0 unspecified atom stereocenters. The molecule has 0 aliphatic rings. The number of rotatable bonds is 2. The van der Waals surface area contributed by atoms with E-state index < -0.39 is 0 Å². The molecule has 0 amide bonds. The smallest absolute Gasteiger partial charge is 0.0811 e. The van der Waals surface area contributed by atoms with Gasteiger partial charge in [-0.25, -0.2) is 0 Å². The number of nitrogens with zero attached hydrogens (tertiary/aromatic N) is 4. The SMILES string of the molecule is c1ccc(-n2c3ccccc3c3c4ncccc4c4c5ccccc5n(-c5ccncc5)c4c32)cc1. The highest BCUT2D eigenvalue weighted by Gasteiger charge is 2.24. The van der Waals surface area contributed by atoms with Crippen molar-refractivity contribution in [3.63, 3.8) is 0 Å². The molecule has 0 saturated heterocycles. The van der Waals surface area contributed by atoms with Crippen molar-refractivity contribution in [3.05, 3.63) is 122 Å². The lowest BCUT2D eigenvalue weighted by molar-refractivity contribution is 1.14. The first-order valence-corrected chi connectivity index (χ1v) is 12.1. The minimum Gasteiger partial charge on any atom is -0.307 e. The predicted molar refractivity (Wildman–Crippen MR) is 148 cm³/mol. The summed E-state index contributed by atoms with van der Waals surface area (Å²) < 4.78 is 4.79. The lowest BCUT2D eigenvalue weighted by atomic mass is 10.0. The third-order valence-electron chi connectivity index (χ3n) is 7.22. The maximum absolute atomic E-state index is 4.97. The topological polar surface area (TPSA) is 35.6 Å². The van der Waals surface area contributed by atoms with Crippen molar-refractivity contribution in [1.82, 2.24) is 19.1 Å². The Balaban J connectivity index is 1.79. The molecule has 0 N–H and O–H groups in total. The molecule has 4 heteroatoms. The fourth-order valence-corrected chi connectivity index (χ4v) is 5.85. The van der Waals surface area contributed by atoms with E-state index in [0.717, 1.165) is 22.4 Å². The van der Waals surface area contributed by atoms with Crippen molar-refractivity contribution < 1.29 is 0 Å². The van der Waals surface area contributed by atoms with E-state index in [4.69, 9.17) is 4.98 Å². The van der Waals surface area contributed by atoms with Gasteiger partial charge in [-0.05, 0) is 42.5 Å². The van der Waals surface area contributed by atoms with Crippen molar-refractivity contribution in [2.24, 2.45) is 0 Å². The van der Waals surface area contributed by atoms with Gasteiger partial charge in [0.05, 0.1) is 27.6 Å². The van der Waals surface area contributed by atoms with Crippen LogP contribution in [0.1, 0.15) is 0 Å². The molecule has 8 rings (SSSR count). The zero-order valence-corrected chi connectivity index (χ0v) is 19.3. The van der Waals surface area contributed by atoms with Gasteiger partial charge < -0.3 is 9.13 Å². The predicted octanol–water partition coefficient (Wildman–Crippen LogP) is 7.82. The van der Waals surface area contributed by atoms with Gasteiger partial charge in [0.2, 0.25) is 0 Å². The zero-order chi connectivity index (χ0) is 23.6. The first-order chi connectivity index (χ1) is 17.9. The van der Waals surface area contributed by atoms with Crippen LogP contribution in [0.5, 0.6) is 0 Å². The van der Waals surface area contributed by atoms with Crippen molar-refractivity contribution >= 4 is 54.5 Å². The molecule has 0 saturated carbocycles. The number of hydrogen-bond donors (Lipinski definition) is 0. The first-order valence-electron chi connectivity index (χ1n) is 12.1. The van der Waals surface area contributed by atoms with Gasteiger partial charge in [0.15, 0.2) is 0 Å². The average Bonchev–Trinajstić information content (AvgIpc) is 3.48. The van der Waals surface area contributed by atoms with Gasteiger partial charge in [0.1, 0.15) is 0 Å². The van der Waals surface area contributed by atoms with Crippen molar-refractivity contribution in [3.8, 4) is 11.4 Å². The molecule has 0 radical (unpaired) electrons. The first kappa shape index (κ1) is 19.4. The summed E-state index contributed by atoms with van der Waals surface area (Å²) in [5.41, 5.74) is 7.93. The van der Waals surface area contributed by atoms with Crippen LogP contribution in [0.15, 0.2) is 122 Å². The van der Waals surface area contributed by atoms with Crippen LogP contribution in [0.4, 0.5) is 0 Å². The van der Waals surface area contributed by atoms with Gasteiger partial charge in [-0.15, -0.1) is 0 Å². The summed E-state index contributed by atoms with van der Waals surface area (Å²) in [6.07, 6.45) is 5.63. The number of para-hydroxylation sites is 3. The van der Waals surface area contributed by atoms with E-state index >= 15 is 0 Å². The quantitative estimate of drug-likeness (QED) is 0.264. The lowest BCUT2D eigenvalue weighted by Crippen LogP contribution is -1.99. The minimum absolute atomic E-state index is 1.03. The van der Waals surface area contributed by atoms with Crippen LogP contribution >= 0.6 is 0 Å². The molecule has 168 valence electrons. The molecule has 36 heavy (non-hydrogen) atoms. The summed E-state index contributed by atoms with van der Waals surface area (Å²) in [6.45, 7) is 0. The fourth-order valence-electron chi connectivity index (χ4n) is 5.85. The van der Waals surface area contributed by atoms with Gasteiger partial charge >= 0.3 is 0 Å². The molecule has 4 heterocycles. The molecular weight excluding hydrogens is 440 g/mol. The van der Waals surface area contributed by atoms with Crippen LogP contribution in [0, 0.1) is 0 Å². The second-order valence-electron chi connectivity index (χ2n) is 9.09. The van der Waals surface area contributed by atoms with E-state index in [2.05, 4.69) is 111 Å². The van der Waals surface area contributed by atoms with E-state index in [1.807, 2.05) is 24.7 Å². The van der Waals surface area contributed by atoms with Crippen LogP contribution in [0.3, 0.4) is 0 Å². The van der Waals surface area contributed by atoms with Crippen molar-refractivity contribution in [2.45, 2.75) is 0 Å². The molecule has 4 aromatic carbocycles. The van der Waals surface area contributed by atoms with E-state index in [-0.39, 0.29) is 0 Å². The lowest BCUT2D eigenvalue weighted by Gasteiger charge is -2.13. The van der Waals surface area contributed by atoms with Gasteiger partial charge in [0.25, 0.3) is 0 Å². The highest BCUT2D eigenvalue weighted by molar-refractivity contribution is 6.35. The number of hydrogen-bond acceptors (Lipinski definition) is 2. The number of benzene rings is 4. The molecule has 4 nitrogen and oxygen atoms in total. The molecule has 0 fully saturated rings. The molecule has 0 bridgehead atoms. The minimum atomic E-state index is 1.03. The average molecular weight is 461 g/mol. The molecule has 0 aliphatic carbocycles. The summed E-state index contributed by atoms with van der Waals surface area (Å²) >= 11 is 0. The summed E-state index contributed by atoms with van der Waals surface area (Å²) in [5.74, 6) is 0. The summed E-state index contributed by atoms with van der Waals surface area (Å²) in [7, 11) is 0. The Morgan fingerprint density at radius 2 is 1.00 bits per heavy atom. The van der Waals surface area contributed by atoms with Crippen LogP contribution in [0.2, 0.25) is 0 Å². The summed E-state index contributed by atoms with van der Waals surface area (Å²) in [4.78, 5) is 9.27. The van der Waals surface area contributed by atoms with Crippen molar-refractivity contribution in [2.75, 3.05) is 0 Å². The molecule has 4 aromatic heterocycles. The fraction of sp³-hybridized carbons (Fsp3) is 0. The molecular formula is C32H20N4. The largest absolute Gasteiger partial charge is 0.307 e. The highest BCUT2D eigenvalue weighted by Crippen LogP contribution is 2.45. The van der Waals surface area contributed by atoms with Crippen LogP contribution < -0.4 is 0 Å². The van der Waals surface area contributed by atoms with Crippen molar-refractivity contribution in [1.29, 1.82) is 0 Å². The normalized spacial score (nSPS) is 11.9. The monoisotopic (exact) mass is 460 g/mol. The van der Waals surface area contributed by atoms with Crippen LogP contribution in [-0.2, 0) is 0 Å². The van der Waals surface area contributed by atoms with Gasteiger partial charge in [-0.1, -0.05) is 60.7 Å². The Morgan fingerprint density at radius 3 is 1.72 bits per heavy atom. The molecule has 0 atom stereocenters. The van der Waals surface area contributed by atoms with Gasteiger partial charge in [-0.3, -0.25) is 9.97 Å². The zero-order valence-electron chi connectivity index (χ0n) is 19.3. The van der Waals surface area contributed by atoms with Crippen LogP contribution in [0.25, 0.3) is 65.9 Å². The third-order valence-corrected chi connectivity index (χ3v) is 7.22.